The number of rotatable bonds is 1. The molecule has 1 saturated heterocycles. The van der Waals surface area contributed by atoms with Crippen molar-refractivity contribution in [3.63, 3.8) is 0 Å². The van der Waals surface area contributed by atoms with Gasteiger partial charge >= 0.3 is 7.12 Å². The summed E-state index contributed by atoms with van der Waals surface area (Å²) in [6.07, 6.45) is 1.13. The average Bonchev–Trinajstić information content (AvgIpc) is 2.37. The maximum absolute atomic E-state index is 6.15. The summed E-state index contributed by atoms with van der Waals surface area (Å²) < 4.78 is 13.4. The van der Waals surface area contributed by atoms with Gasteiger partial charge < -0.3 is 9.31 Å². The van der Waals surface area contributed by atoms with Gasteiger partial charge in [-0.25, -0.2) is 0 Å². The lowest BCUT2D eigenvalue weighted by Gasteiger charge is -2.38. The van der Waals surface area contributed by atoms with Gasteiger partial charge in [0, 0.05) is 9.67 Å². The van der Waals surface area contributed by atoms with E-state index in [-0.39, 0.29) is 18.8 Å². The predicted molar refractivity (Wildman–Crippen MR) is 92.4 cm³/mol. The van der Waals surface area contributed by atoms with Crippen LogP contribution in [0.1, 0.15) is 27.2 Å². The SMILES string of the molecule is CC1CC(C)(C)OB(c2ccc(I)c3ccccc23)O1. The van der Waals surface area contributed by atoms with Crippen LogP contribution in [0.25, 0.3) is 10.8 Å². The number of benzene rings is 2. The van der Waals surface area contributed by atoms with Crippen LogP contribution >= 0.6 is 22.6 Å². The molecule has 0 N–H and O–H groups in total. The molecule has 104 valence electrons. The second-order valence-electron chi connectivity index (χ2n) is 6.04. The lowest BCUT2D eigenvalue weighted by atomic mass is 9.73. The van der Waals surface area contributed by atoms with Crippen molar-refractivity contribution >= 4 is 45.9 Å². The molecule has 4 heteroatoms. The summed E-state index contributed by atoms with van der Waals surface area (Å²) in [6, 6.07) is 12.7. The average molecular weight is 380 g/mol. The van der Waals surface area contributed by atoms with Gasteiger partial charge in [0.05, 0.1) is 5.60 Å². The third kappa shape index (κ3) is 2.74. The van der Waals surface area contributed by atoms with Crippen LogP contribution in [0.15, 0.2) is 36.4 Å². The van der Waals surface area contributed by atoms with Crippen molar-refractivity contribution in [1.82, 2.24) is 0 Å². The molecule has 20 heavy (non-hydrogen) atoms. The van der Waals surface area contributed by atoms with E-state index in [0.29, 0.717) is 0 Å². The molecule has 1 heterocycles. The molecular weight excluding hydrogens is 362 g/mol. The van der Waals surface area contributed by atoms with E-state index < -0.39 is 0 Å². The minimum Gasteiger partial charge on any atom is -0.405 e. The van der Waals surface area contributed by atoms with Gasteiger partial charge in [-0.1, -0.05) is 30.3 Å². The van der Waals surface area contributed by atoms with Crippen LogP contribution in [-0.2, 0) is 9.31 Å². The molecule has 0 saturated carbocycles. The van der Waals surface area contributed by atoms with E-state index in [0.717, 1.165) is 11.9 Å². The molecule has 1 atom stereocenters. The minimum absolute atomic E-state index is 0.146. The molecule has 1 unspecified atom stereocenters. The zero-order chi connectivity index (χ0) is 14.3. The number of hydrogen-bond acceptors (Lipinski definition) is 2. The van der Waals surface area contributed by atoms with Crippen LogP contribution in [0.5, 0.6) is 0 Å². The maximum atomic E-state index is 6.15. The molecule has 1 aliphatic heterocycles. The van der Waals surface area contributed by atoms with Crippen molar-refractivity contribution in [3.8, 4) is 0 Å². The third-order valence-corrected chi connectivity index (χ3v) is 4.66. The quantitative estimate of drug-likeness (QED) is 0.555. The Kier molecular flexibility index (Phi) is 3.82. The fraction of sp³-hybridized carbons (Fsp3) is 0.375. The van der Waals surface area contributed by atoms with Gasteiger partial charge in [-0.3, -0.25) is 0 Å². The van der Waals surface area contributed by atoms with Crippen LogP contribution < -0.4 is 5.46 Å². The highest BCUT2D eigenvalue weighted by Gasteiger charge is 2.38. The van der Waals surface area contributed by atoms with Gasteiger partial charge in [-0.15, -0.1) is 0 Å². The molecule has 2 aromatic rings. The molecule has 0 aromatic heterocycles. The second kappa shape index (κ2) is 5.32. The zero-order valence-corrected chi connectivity index (χ0v) is 14.2. The highest BCUT2D eigenvalue weighted by Crippen LogP contribution is 2.27. The lowest BCUT2D eigenvalue weighted by molar-refractivity contribution is -0.0228. The third-order valence-electron chi connectivity index (χ3n) is 3.72. The number of halogens is 1. The Balaban J connectivity index is 2.08. The van der Waals surface area contributed by atoms with E-state index in [4.69, 9.17) is 9.31 Å². The standard InChI is InChI=1S/C16H18BIO2/c1-11-10-16(2,3)20-17(19-11)14-8-9-15(18)13-7-5-4-6-12(13)14/h4-9,11H,10H2,1-3H3. The molecule has 3 rings (SSSR count). The van der Waals surface area contributed by atoms with E-state index in [1.165, 1.54) is 14.3 Å². The monoisotopic (exact) mass is 380 g/mol. The molecule has 1 aliphatic rings. The van der Waals surface area contributed by atoms with Crippen LogP contribution in [0.4, 0.5) is 0 Å². The van der Waals surface area contributed by atoms with Gasteiger partial charge in [0.2, 0.25) is 0 Å². The Morgan fingerprint density at radius 3 is 2.55 bits per heavy atom. The summed E-state index contributed by atoms with van der Waals surface area (Å²) in [5, 5.41) is 2.48. The van der Waals surface area contributed by atoms with Crippen molar-refractivity contribution in [1.29, 1.82) is 0 Å². The normalized spacial score (nSPS) is 22.2. The Morgan fingerprint density at radius 1 is 1.15 bits per heavy atom. The van der Waals surface area contributed by atoms with Crippen molar-refractivity contribution in [3.05, 3.63) is 40.0 Å². The van der Waals surface area contributed by atoms with Crippen LogP contribution in [-0.4, -0.2) is 18.8 Å². The van der Waals surface area contributed by atoms with E-state index in [9.17, 15) is 0 Å². The van der Waals surface area contributed by atoms with Crippen LogP contribution in [0.2, 0.25) is 0 Å². The van der Waals surface area contributed by atoms with Gasteiger partial charge in [-0.2, -0.15) is 0 Å². The summed E-state index contributed by atoms with van der Waals surface area (Å²) in [6.45, 7) is 6.38. The van der Waals surface area contributed by atoms with Crippen molar-refractivity contribution in [2.75, 3.05) is 0 Å². The molecule has 0 bridgehead atoms. The zero-order valence-electron chi connectivity index (χ0n) is 12.0. The first-order valence-electron chi connectivity index (χ1n) is 6.97. The van der Waals surface area contributed by atoms with Gasteiger partial charge in [0.1, 0.15) is 0 Å². The van der Waals surface area contributed by atoms with E-state index in [2.05, 4.69) is 79.8 Å². The molecule has 2 nitrogen and oxygen atoms in total. The summed E-state index contributed by atoms with van der Waals surface area (Å²) in [4.78, 5) is 0. The fourth-order valence-electron chi connectivity index (χ4n) is 2.94. The smallest absolute Gasteiger partial charge is 0.405 e. The first-order valence-corrected chi connectivity index (χ1v) is 8.04. The van der Waals surface area contributed by atoms with E-state index in [1.54, 1.807) is 0 Å². The first-order chi connectivity index (χ1) is 9.46. The van der Waals surface area contributed by atoms with Gasteiger partial charge in [0.15, 0.2) is 0 Å². The maximum Gasteiger partial charge on any atom is 0.495 e. The predicted octanol–water partition coefficient (Wildman–Crippen LogP) is 3.74. The Labute approximate surface area is 134 Å². The first kappa shape index (κ1) is 14.4. The number of hydrogen-bond donors (Lipinski definition) is 0. The summed E-state index contributed by atoms with van der Waals surface area (Å²) in [7, 11) is -0.282. The van der Waals surface area contributed by atoms with Crippen LogP contribution in [0, 0.1) is 3.57 Å². The molecule has 2 aromatic carbocycles. The molecule has 0 spiro atoms. The van der Waals surface area contributed by atoms with Crippen molar-refractivity contribution < 1.29 is 9.31 Å². The van der Waals surface area contributed by atoms with Crippen LogP contribution in [0.3, 0.4) is 0 Å². The molecular formula is C16H18BIO2. The van der Waals surface area contributed by atoms with Gasteiger partial charge in [0.25, 0.3) is 0 Å². The number of fused-ring (bicyclic) bond motifs is 1. The molecule has 0 radical (unpaired) electrons. The summed E-state index contributed by atoms with van der Waals surface area (Å²) in [5.41, 5.74) is 0.979. The van der Waals surface area contributed by atoms with E-state index >= 15 is 0 Å². The Hall–Kier alpha value is -0.585. The minimum atomic E-state index is -0.282. The summed E-state index contributed by atoms with van der Waals surface area (Å²) in [5.74, 6) is 0. The topological polar surface area (TPSA) is 18.5 Å². The second-order valence-corrected chi connectivity index (χ2v) is 7.20. The van der Waals surface area contributed by atoms with Gasteiger partial charge in [-0.05, 0) is 72.1 Å². The Morgan fingerprint density at radius 2 is 1.85 bits per heavy atom. The lowest BCUT2D eigenvalue weighted by Crippen LogP contribution is -2.51. The largest absolute Gasteiger partial charge is 0.495 e. The van der Waals surface area contributed by atoms with Crippen molar-refractivity contribution in [2.45, 2.75) is 38.9 Å². The van der Waals surface area contributed by atoms with Crippen molar-refractivity contribution in [2.24, 2.45) is 0 Å². The Bertz CT molecular complexity index is 641. The highest BCUT2D eigenvalue weighted by atomic mass is 127. The highest BCUT2D eigenvalue weighted by molar-refractivity contribution is 14.1. The summed E-state index contributed by atoms with van der Waals surface area (Å²) >= 11 is 2.37. The molecule has 0 aliphatic carbocycles. The van der Waals surface area contributed by atoms with E-state index in [1.807, 2.05) is 0 Å². The fourth-order valence-corrected chi connectivity index (χ4v) is 3.60. The molecule has 1 fully saturated rings. The molecule has 0 amide bonds.